The second-order valence-corrected chi connectivity index (χ2v) is 7.10. The van der Waals surface area contributed by atoms with Gasteiger partial charge in [-0.3, -0.25) is 0 Å². The SMILES string of the molecule is CCOC1CC(NC(=O)NC(C)CC(O)c2ccco2)C12CCC2. The predicted molar refractivity (Wildman–Crippen MR) is 89.5 cm³/mol. The minimum Gasteiger partial charge on any atom is -0.467 e. The first-order chi connectivity index (χ1) is 11.5. The molecule has 3 N–H and O–H groups in total. The van der Waals surface area contributed by atoms with Crippen LogP contribution in [-0.2, 0) is 4.74 Å². The smallest absolute Gasteiger partial charge is 0.315 e. The summed E-state index contributed by atoms with van der Waals surface area (Å²) >= 11 is 0. The van der Waals surface area contributed by atoms with Crippen molar-refractivity contribution in [1.29, 1.82) is 0 Å². The molecule has 6 nitrogen and oxygen atoms in total. The van der Waals surface area contributed by atoms with Crippen molar-refractivity contribution in [3.05, 3.63) is 24.2 Å². The van der Waals surface area contributed by atoms with E-state index in [4.69, 9.17) is 9.15 Å². The molecule has 2 saturated carbocycles. The van der Waals surface area contributed by atoms with Crippen molar-refractivity contribution in [1.82, 2.24) is 10.6 Å². The molecule has 0 saturated heterocycles. The van der Waals surface area contributed by atoms with Gasteiger partial charge in [0, 0.05) is 30.5 Å². The van der Waals surface area contributed by atoms with E-state index in [0.29, 0.717) is 18.3 Å². The van der Waals surface area contributed by atoms with Crippen LogP contribution in [0.25, 0.3) is 0 Å². The first kappa shape index (κ1) is 17.3. The Morgan fingerprint density at radius 1 is 1.54 bits per heavy atom. The molecule has 6 heteroatoms. The molecule has 24 heavy (non-hydrogen) atoms. The van der Waals surface area contributed by atoms with Gasteiger partial charge in [-0.1, -0.05) is 6.42 Å². The monoisotopic (exact) mass is 336 g/mol. The van der Waals surface area contributed by atoms with Crippen LogP contribution in [0.1, 0.15) is 57.8 Å². The summed E-state index contributed by atoms with van der Waals surface area (Å²) in [6, 6.07) is 3.36. The number of carbonyl (C=O) groups excluding carboxylic acids is 1. The molecule has 1 aromatic rings. The van der Waals surface area contributed by atoms with Gasteiger partial charge in [-0.2, -0.15) is 0 Å². The first-order valence-corrected chi connectivity index (χ1v) is 8.95. The number of aliphatic hydroxyl groups is 1. The summed E-state index contributed by atoms with van der Waals surface area (Å²) in [4.78, 5) is 12.2. The number of ether oxygens (including phenoxy) is 1. The van der Waals surface area contributed by atoms with Gasteiger partial charge in [0.25, 0.3) is 0 Å². The van der Waals surface area contributed by atoms with Crippen LogP contribution in [0.15, 0.2) is 22.8 Å². The van der Waals surface area contributed by atoms with E-state index in [2.05, 4.69) is 10.6 Å². The highest BCUT2D eigenvalue weighted by Gasteiger charge is 2.59. The van der Waals surface area contributed by atoms with E-state index in [0.717, 1.165) is 25.9 Å². The van der Waals surface area contributed by atoms with Crippen LogP contribution in [0, 0.1) is 5.41 Å². The lowest BCUT2D eigenvalue weighted by atomic mass is 9.51. The number of amides is 2. The van der Waals surface area contributed by atoms with Crippen LogP contribution < -0.4 is 10.6 Å². The van der Waals surface area contributed by atoms with Gasteiger partial charge in [-0.15, -0.1) is 0 Å². The van der Waals surface area contributed by atoms with E-state index >= 15 is 0 Å². The van der Waals surface area contributed by atoms with Gasteiger partial charge in [-0.25, -0.2) is 4.79 Å². The Morgan fingerprint density at radius 2 is 2.33 bits per heavy atom. The highest BCUT2D eigenvalue weighted by molar-refractivity contribution is 5.74. The van der Waals surface area contributed by atoms with Crippen molar-refractivity contribution in [2.24, 2.45) is 5.41 Å². The molecule has 1 spiro atoms. The maximum Gasteiger partial charge on any atom is 0.315 e. The number of carbonyl (C=O) groups is 1. The largest absolute Gasteiger partial charge is 0.467 e. The van der Waals surface area contributed by atoms with Crippen molar-refractivity contribution in [3.8, 4) is 0 Å². The predicted octanol–water partition coefficient (Wildman–Crippen LogP) is 2.74. The van der Waals surface area contributed by atoms with E-state index in [-0.39, 0.29) is 23.5 Å². The van der Waals surface area contributed by atoms with Gasteiger partial charge in [-0.05, 0) is 45.2 Å². The maximum absolute atomic E-state index is 12.2. The molecule has 2 aliphatic carbocycles. The lowest BCUT2D eigenvalue weighted by molar-refractivity contribution is -0.169. The van der Waals surface area contributed by atoms with Crippen LogP contribution in [0.4, 0.5) is 4.79 Å². The fraction of sp³-hybridized carbons (Fsp3) is 0.722. The Hall–Kier alpha value is -1.53. The van der Waals surface area contributed by atoms with Gasteiger partial charge in [0.15, 0.2) is 0 Å². The topological polar surface area (TPSA) is 83.7 Å². The zero-order chi connectivity index (χ0) is 17.2. The Labute approximate surface area is 142 Å². The second-order valence-electron chi connectivity index (χ2n) is 7.10. The summed E-state index contributed by atoms with van der Waals surface area (Å²) in [5.74, 6) is 0.524. The van der Waals surface area contributed by atoms with E-state index in [1.807, 2.05) is 13.8 Å². The molecular formula is C18H28N2O4. The van der Waals surface area contributed by atoms with Crippen LogP contribution >= 0.6 is 0 Å². The molecule has 3 rings (SSSR count). The minimum absolute atomic E-state index is 0.148. The van der Waals surface area contributed by atoms with Crippen LogP contribution in [0.5, 0.6) is 0 Å². The van der Waals surface area contributed by atoms with Crippen molar-refractivity contribution < 1.29 is 19.1 Å². The number of urea groups is 1. The highest BCUT2D eigenvalue weighted by atomic mass is 16.5. The van der Waals surface area contributed by atoms with E-state index < -0.39 is 6.10 Å². The molecule has 4 unspecified atom stereocenters. The highest BCUT2D eigenvalue weighted by Crippen LogP contribution is 2.57. The van der Waals surface area contributed by atoms with Gasteiger partial charge in [0.05, 0.1) is 12.4 Å². The lowest BCUT2D eigenvalue weighted by Gasteiger charge is -2.60. The van der Waals surface area contributed by atoms with Gasteiger partial charge >= 0.3 is 6.03 Å². The summed E-state index contributed by atoms with van der Waals surface area (Å²) in [5.41, 5.74) is 0.157. The van der Waals surface area contributed by atoms with Crippen molar-refractivity contribution in [3.63, 3.8) is 0 Å². The number of aliphatic hydroxyl groups excluding tert-OH is 1. The van der Waals surface area contributed by atoms with Gasteiger partial charge in [0.2, 0.25) is 0 Å². The summed E-state index contributed by atoms with van der Waals surface area (Å²) in [6.07, 6.45) is 5.91. The molecule has 2 aliphatic rings. The van der Waals surface area contributed by atoms with Gasteiger partial charge < -0.3 is 24.9 Å². The fourth-order valence-electron chi connectivity index (χ4n) is 4.06. The Balaban J connectivity index is 1.44. The van der Waals surface area contributed by atoms with E-state index in [9.17, 15) is 9.90 Å². The third-order valence-electron chi connectivity index (χ3n) is 5.57. The zero-order valence-corrected chi connectivity index (χ0v) is 14.5. The Morgan fingerprint density at radius 3 is 2.92 bits per heavy atom. The quantitative estimate of drug-likeness (QED) is 0.715. The van der Waals surface area contributed by atoms with Gasteiger partial charge in [0.1, 0.15) is 11.9 Å². The average Bonchev–Trinajstić information content (AvgIpc) is 2.98. The van der Waals surface area contributed by atoms with Crippen molar-refractivity contribution in [2.75, 3.05) is 6.61 Å². The first-order valence-electron chi connectivity index (χ1n) is 8.95. The summed E-state index contributed by atoms with van der Waals surface area (Å²) in [6.45, 7) is 4.63. The van der Waals surface area contributed by atoms with Crippen molar-refractivity contribution in [2.45, 2.75) is 70.2 Å². The molecule has 134 valence electrons. The standard InChI is InChI=1S/C18H28N2O4/c1-3-23-16-11-15(18(16)7-5-8-18)20-17(22)19-12(2)10-13(21)14-6-4-9-24-14/h4,6,9,12-13,15-16,21H,3,5,7-8,10-11H2,1-2H3,(H2,19,20,22). The second kappa shape index (κ2) is 7.15. The third kappa shape index (κ3) is 3.30. The number of hydrogen-bond acceptors (Lipinski definition) is 4. The van der Waals surface area contributed by atoms with Crippen LogP contribution in [0.2, 0.25) is 0 Å². The Kier molecular flexibility index (Phi) is 5.15. The summed E-state index contributed by atoms with van der Waals surface area (Å²) in [5, 5.41) is 16.1. The fourth-order valence-corrected chi connectivity index (χ4v) is 4.06. The molecule has 0 aromatic carbocycles. The third-order valence-corrected chi connectivity index (χ3v) is 5.57. The summed E-state index contributed by atoms with van der Waals surface area (Å²) < 4.78 is 11.0. The van der Waals surface area contributed by atoms with E-state index in [1.165, 1.54) is 12.7 Å². The lowest BCUT2D eigenvalue weighted by Crippen LogP contribution is -2.68. The molecule has 0 bridgehead atoms. The maximum atomic E-state index is 12.2. The number of hydrogen-bond donors (Lipinski definition) is 3. The molecule has 4 atom stereocenters. The molecule has 0 radical (unpaired) electrons. The van der Waals surface area contributed by atoms with Crippen LogP contribution in [0.3, 0.4) is 0 Å². The number of furan rings is 1. The van der Waals surface area contributed by atoms with Crippen LogP contribution in [-0.4, -0.2) is 35.9 Å². The average molecular weight is 336 g/mol. The number of nitrogens with one attached hydrogen (secondary N) is 2. The molecule has 2 amide bonds. The molecule has 1 heterocycles. The minimum atomic E-state index is -0.709. The molecule has 1 aromatic heterocycles. The number of rotatable bonds is 7. The summed E-state index contributed by atoms with van der Waals surface area (Å²) in [7, 11) is 0. The molecule has 2 fully saturated rings. The van der Waals surface area contributed by atoms with E-state index in [1.54, 1.807) is 12.1 Å². The van der Waals surface area contributed by atoms with Crippen molar-refractivity contribution >= 4 is 6.03 Å². The Bertz CT molecular complexity index is 541. The molecular weight excluding hydrogens is 308 g/mol. The zero-order valence-electron chi connectivity index (χ0n) is 14.5. The molecule has 0 aliphatic heterocycles. The normalized spacial score (nSPS) is 27.0.